The third-order valence-corrected chi connectivity index (χ3v) is 7.24. The number of alkyl carbamates (subject to hydrolysis) is 1. The molecule has 4 saturated carbocycles. The molecule has 0 spiro atoms. The van der Waals surface area contributed by atoms with Gasteiger partial charge in [-0.15, -0.1) is 0 Å². The molecule has 0 aromatic carbocycles. The highest BCUT2D eigenvalue weighted by molar-refractivity contribution is 5.67. The number of hydrogen-bond donors (Lipinski definition) is 1. The summed E-state index contributed by atoms with van der Waals surface area (Å²) in [7, 11) is 0. The lowest BCUT2D eigenvalue weighted by molar-refractivity contribution is -0.247. The molecule has 0 radical (unpaired) electrons. The Morgan fingerprint density at radius 2 is 1.80 bits per heavy atom. The van der Waals surface area contributed by atoms with Crippen LogP contribution in [0.3, 0.4) is 0 Å². The average molecular weight is 418 g/mol. The van der Waals surface area contributed by atoms with Crippen LogP contribution in [0, 0.1) is 23.2 Å². The summed E-state index contributed by atoms with van der Waals surface area (Å²) in [6.07, 6.45) is 8.70. The van der Waals surface area contributed by atoms with Crippen molar-refractivity contribution in [3.63, 3.8) is 0 Å². The lowest BCUT2D eigenvalue weighted by Crippen LogP contribution is -2.64. The van der Waals surface area contributed by atoms with Gasteiger partial charge in [-0.05, 0) is 88.5 Å². The van der Waals surface area contributed by atoms with Crippen molar-refractivity contribution in [2.45, 2.75) is 97.8 Å². The zero-order chi connectivity index (χ0) is 21.8. The number of hydrogen-bond acceptors (Lipinski definition) is 4. The Kier molecular flexibility index (Phi) is 5.04. The van der Waals surface area contributed by atoms with Crippen molar-refractivity contribution < 1.29 is 14.3 Å². The Morgan fingerprint density at radius 1 is 1.13 bits per heavy atom. The van der Waals surface area contributed by atoms with E-state index in [1.807, 2.05) is 27.0 Å². The van der Waals surface area contributed by atoms with Crippen molar-refractivity contribution in [2.75, 3.05) is 13.2 Å². The van der Waals surface area contributed by atoms with E-state index >= 15 is 0 Å². The molecule has 2 atom stereocenters. The first kappa shape index (κ1) is 21.7. The molecule has 4 aliphatic carbocycles. The topological polar surface area (TPSA) is 65.4 Å². The lowest BCUT2D eigenvalue weighted by Gasteiger charge is -2.69. The molecule has 2 unspecified atom stereocenters. The standard InChI is InChI=1S/C24H39N3O3/c1-18-7-8-26-27(18)17-23-12-21(5)11-22(6,13-23)15-24(14-21,16-23)29-10-9-25-19(28)30-20(2,3)4/h7-8H,9-17H2,1-6H3,(H,25,28). The molecular formula is C24H39N3O3. The van der Waals surface area contributed by atoms with Crippen molar-refractivity contribution in [1.29, 1.82) is 0 Å². The summed E-state index contributed by atoms with van der Waals surface area (Å²) in [5, 5.41) is 7.44. The van der Waals surface area contributed by atoms with Gasteiger partial charge in [0.15, 0.2) is 0 Å². The summed E-state index contributed by atoms with van der Waals surface area (Å²) in [5.74, 6) is 0. The van der Waals surface area contributed by atoms with Crippen molar-refractivity contribution in [3.8, 4) is 0 Å². The van der Waals surface area contributed by atoms with E-state index in [0.29, 0.717) is 24.0 Å². The molecule has 6 nitrogen and oxygen atoms in total. The predicted octanol–water partition coefficient (Wildman–Crippen LogP) is 4.85. The number of carbonyl (C=O) groups excluding carboxylic acids is 1. The Morgan fingerprint density at radius 3 is 2.37 bits per heavy atom. The van der Waals surface area contributed by atoms with Gasteiger partial charge in [0.25, 0.3) is 0 Å². The summed E-state index contributed by atoms with van der Waals surface area (Å²) in [6, 6.07) is 2.10. The summed E-state index contributed by atoms with van der Waals surface area (Å²) in [5.41, 5.74) is 1.55. The van der Waals surface area contributed by atoms with Crippen molar-refractivity contribution in [2.24, 2.45) is 16.2 Å². The van der Waals surface area contributed by atoms with E-state index in [-0.39, 0.29) is 17.1 Å². The van der Waals surface area contributed by atoms with Gasteiger partial charge in [-0.2, -0.15) is 5.10 Å². The minimum atomic E-state index is -0.481. The fraction of sp³-hybridized carbons (Fsp3) is 0.833. The van der Waals surface area contributed by atoms with E-state index in [4.69, 9.17) is 9.47 Å². The van der Waals surface area contributed by atoms with Crippen LogP contribution in [0.25, 0.3) is 0 Å². The highest BCUT2D eigenvalue weighted by Crippen LogP contribution is 2.72. The van der Waals surface area contributed by atoms with Gasteiger partial charge in [0.2, 0.25) is 0 Å². The van der Waals surface area contributed by atoms with Gasteiger partial charge in [0.1, 0.15) is 5.60 Å². The molecule has 1 amide bonds. The van der Waals surface area contributed by atoms with Crippen LogP contribution in [0.2, 0.25) is 0 Å². The molecule has 1 aromatic rings. The normalized spacial score (nSPS) is 37.4. The van der Waals surface area contributed by atoms with Crippen LogP contribution in [0.4, 0.5) is 4.79 Å². The van der Waals surface area contributed by atoms with E-state index in [1.165, 1.54) is 25.0 Å². The smallest absolute Gasteiger partial charge is 0.407 e. The second kappa shape index (κ2) is 6.98. The van der Waals surface area contributed by atoms with Crippen LogP contribution < -0.4 is 5.32 Å². The van der Waals surface area contributed by atoms with Crippen molar-refractivity contribution in [1.82, 2.24) is 15.1 Å². The molecule has 0 aliphatic heterocycles. The Labute approximate surface area is 181 Å². The molecule has 1 N–H and O–H groups in total. The lowest BCUT2D eigenvalue weighted by atomic mass is 9.39. The largest absolute Gasteiger partial charge is 0.444 e. The first-order valence-corrected chi connectivity index (χ1v) is 11.4. The molecule has 4 bridgehead atoms. The van der Waals surface area contributed by atoms with Crippen molar-refractivity contribution >= 4 is 6.09 Å². The maximum Gasteiger partial charge on any atom is 0.407 e. The van der Waals surface area contributed by atoms with Crippen LogP contribution in [-0.4, -0.2) is 40.2 Å². The quantitative estimate of drug-likeness (QED) is 0.672. The number of nitrogens with zero attached hydrogens (tertiary/aromatic N) is 2. The minimum absolute atomic E-state index is 0.0884. The van der Waals surface area contributed by atoms with E-state index in [9.17, 15) is 4.79 Å². The number of rotatable bonds is 6. The van der Waals surface area contributed by atoms with E-state index in [1.54, 1.807) is 0 Å². The number of aromatic nitrogens is 2. The summed E-state index contributed by atoms with van der Waals surface area (Å²) in [4.78, 5) is 11.9. The fourth-order valence-electron chi connectivity index (χ4n) is 7.77. The first-order chi connectivity index (χ1) is 13.8. The Hall–Kier alpha value is -1.56. The molecule has 1 heterocycles. The highest BCUT2D eigenvalue weighted by Gasteiger charge is 2.66. The zero-order valence-electron chi connectivity index (χ0n) is 19.6. The summed E-state index contributed by atoms with van der Waals surface area (Å²) < 4.78 is 14.2. The second-order valence-corrected chi connectivity index (χ2v) is 12.3. The molecule has 0 saturated heterocycles. The maximum atomic E-state index is 11.9. The second-order valence-electron chi connectivity index (χ2n) is 12.3. The van der Waals surface area contributed by atoms with Crippen LogP contribution >= 0.6 is 0 Å². The third kappa shape index (κ3) is 4.39. The van der Waals surface area contributed by atoms with E-state index < -0.39 is 5.60 Å². The van der Waals surface area contributed by atoms with Crippen LogP contribution in [0.1, 0.15) is 78.8 Å². The predicted molar refractivity (Wildman–Crippen MR) is 116 cm³/mol. The number of carbonyl (C=O) groups is 1. The van der Waals surface area contributed by atoms with Crippen LogP contribution in [0.5, 0.6) is 0 Å². The summed E-state index contributed by atoms with van der Waals surface area (Å²) in [6.45, 7) is 14.7. The van der Waals surface area contributed by atoms with Crippen LogP contribution in [-0.2, 0) is 16.0 Å². The Bertz CT molecular complexity index is 791. The molecular weight excluding hydrogens is 378 g/mol. The number of ether oxygens (including phenoxy) is 2. The fourth-order valence-corrected chi connectivity index (χ4v) is 7.77. The Balaban J connectivity index is 1.44. The van der Waals surface area contributed by atoms with Gasteiger partial charge in [-0.25, -0.2) is 4.79 Å². The molecule has 168 valence electrons. The van der Waals surface area contributed by atoms with Crippen molar-refractivity contribution in [3.05, 3.63) is 18.0 Å². The minimum Gasteiger partial charge on any atom is -0.444 e. The van der Waals surface area contributed by atoms with Gasteiger partial charge >= 0.3 is 6.09 Å². The van der Waals surface area contributed by atoms with E-state index in [2.05, 4.69) is 41.9 Å². The molecule has 30 heavy (non-hydrogen) atoms. The molecule has 1 aromatic heterocycles. The first-order valence-electron chi connectivity index (χ1n) is 11.4. The average Bonchev–Trinajstić information content (AvgIpc) is 2.91. The van der Waals surface area contributed by atoms with Gasteiger partial charge in [-0.3, -0.25) is 4.68 Å². The van der Waals surface area contributed by atoms with Gasteiger partial charge in [0.05, 0.1) is 12.2 Å². The number of amides is 1. The molecule has 4 fully saturated rings. The van der Waals surface area contributed by atoms with Gasteiger partial charge in [0, 0.05) is 25.0 Å². The van der Waals surface area contributed by atoms with Crippen LogP contribution in [0.15, 0.2) is 12.3 Å². The zero-order valence-corrected chi connectivity index (χ0v) is 19.6. The third-order valence-electron chi connectivity index (χ3n) is 7.24. The molecule has 5 rings (SSSR count). The monoisotopic (exact) mass is 417 g/mol. The highest BCUT2D eigenvalue weighted by atomic mass is 16.6. The maximum absolute atomic E-state index is 11.9. The molecule has 6 heteroatoms. The van der Waals surface area contributed by atoms with Gasteiger partial charge in [-0.1, -0.05) is 13.8 Å². The van der Waals surface area contributed by atoms with E-state index in [0.717, 1.165) is 25.8 Å². The SMILES string of the molecule is Cc1ccnn1CC12CC3(C)CC(C)(C1)CC(OCCNC(=O)OC(C)(C)C)(C3)C2. The number of aryl methyl sites for hydroxylation is 1. The van der Waals surface area contributed by atoms with Gasteiger partial charge < -0.3 is 14.8 Å². The number of nitrogens with one attached hydrogen (secondary N) is 1. The summed E-state index contributed by atoms with van der Waals surface area (Å²) >= 11 is 0. The molecule has 4 aliphatic rings.